The van der Waals surface area contributed by atoms with Crippen molar-refractivity contribution >= 4 is 17.2 Å². The number of benzene rings is 1. The van der Waals surface area contributed by atoms with Crippen LogP contribution in [0.1, 0.15) is 29.1 Å². The van der Waals surface area contributed by atoms with Crippen molar-refractivity contribution < 1.29 is 4.79 Å². The predicted octanol–water partition coefficient (Wildman–Crippen LogP) is 2.80. The maximum absolute atomic E-state index is 12.0. The molecule has 1 aliphatic heterocycles. The first-order valence-electron chi connectivity index (χ1n) is 7.68. The van der Waals surface area contributed by atoms with E-state index in [1.165, 1.54) is 10.4 Å². The van der Waals surface area contributed by atoms with Crippen molar-refractivity contribution in [2.24, 2.45) is 0 Å². The van der Waals surface area contributed by atoms with Crippen molar-refractivity contribution in [2.75, 3.05) is 6.54 Å². The number of amides is 1. The number of carbonyl (C=O) groups excluding carboxylic acids is 1. The van der Waals surface area contributed by atoms with Crippen LogP contribution < -0.4 is 10.6 Å². The molecule has 2 heterocycles. The molecule has 4 nitrogen and oxygen atoms in total. The number of rotatable bonds is 4. The molecule has 0 radical (unpaired) electrons. The standard InChI is InChI=1S/C17H21N3OS/c1-11-16(22-12(2)20-11)14-7-5-13(6-8-14)10-19-17(21)15-4-3-9-18-15/h5-8,15,18H,3-4,9-10H2,1-2H3,(H,19,21). The fraction of sp³-hybridized carbons (Fsp3) is 0.412. The van der Waals surface area contributed by atoms with Gasteiger partial charge in [0.05, 0.1) is 21.6 Å². The van der Waals surface area contributed by atoms with Gasteiger partial charge in [-0.1, -0.05) is 24.3 Å². The van der Waals surface area contributed by atoms with Crippen LogP contribution in [-0.2, 0) is 11.3 Å². The van der Waals surface area contributed by atoms with Gasteiger partial charge in [-0.25, -0.2) is 4.98 Å². The van der Waals surface area contributed by atoms with Crippen molar-refractivity contribution in [3.05, 3.63) is 40.5 Å². The summed E-state index contributed by atoms with van der Waals surface area (Å²) in [6.07, 6.45) is 2.02. The summed E-state index contributed by atoms with van der Waals surface area (Å²) in [5.74, 6) is 0.107. The molecule has 1 aliphatic rings. The monoisotopic (exact) mass is 315 g/mol. The van der Waals surface area contributed by atoms with E-state index in [4.69, 9.17) is 0 Å². The Labute approximate surface area is 135 Å². The number of thiazole rings is 1. The summed E-state index contributed by atoms with van der Waals surface area (Å²) in [7, 11) is 0. The highest BCUT2D eigenvalue weighted by Gasteiger charge is 2.21. The maximum Gasteiger partial charge on any atom is 0.237 e. The zero-order valence-corrected chi connectivity index (χ0v) is 13.8. The van der Waals surface area contributed by atoms with Crippen molar-refractivity contribution in [1.82, 2.24) is 15.6 Å². The predicted molar refractivity (Wildman–Crippen MR) is 89.9 cm³/mol. The zero-order chi connectivity index (χ0) is 15.5. The summed E-state index contributed by atoms with van der Waals surface area (Å²) >= 11 is 1.72. The van der Waals surface area contributed by atoms with E-state index >= 15 is 0 Å². The number of hydrogen-bond acceptors (Lipinski definition) is 4. The lowest BCUT2D eigenvalue weighted by atomic mass is 10.1. The van der Waals surface area contributed by atoms with Gasteiger partial charge in [0.15, 0.2) is 0 Å². The minimum absolute atomic E-state index is 0.0120. The number of aromatic nitrogens is 1. The van der Waals surface area contributed by atoms with Crippen LogP contribution in [0.4, 0.5) is 0 Å². The van der Waals surface area contributed by atoms with E-state index < -0.39 is 0 Å². The fourth-order valence-electron chi connectivity index (χ4n) is 2.79. The molecule has 1 fully saturated rings. The SMILES string of the molecule is Cc1nc(C)c(-c2ccc(CNC(=O)C3CCCN3)cc2)s1. The van der Waals surface area contributed by atoms with Crippen molar-refractivity contribution in [3.8, 4) is 10.4 Å². The minimum atomic E-state index is -0.0120. The molecular formula is C17H21N3OS. The second kappa shape index (κ2) is 6.58. The highest BCUT2D eigenvalue weighted by Crippen LogP contribution is 2.29. The topological polar surface area (TPSA) is 54.0 Å². The summed E-state index contributed by atoms with van der Waals surface area (Å²) in [5.41, 5.74) is 3.39. The number of aryl methyl sites for hydroxylation is 2. The minimum Gasteiger partial charge on any atom is -0.351 e. The molecule has 5 heteroatoms. The smallest absolute Gasteiger partial charge is 0.237 e. The summed E-state index contributed by atoms with van der Waals surface area (Å²) in [4.78, 5) is 17.7. The molecule has 1 amide bonds. The number of hydrogen-bond donors (Lipinski definition) is 2. The molecule has 1 unspecified atom stereocenters. The van der Waals surface area contributed by atoms with Crippen LogP contribution in [-0.4, -0.2) is 23.5 Å². The second-order valence-electron chi connectivity index (χ2n) is 5.71. The Morgan fingerprint density at radius 1 is 1.36 bits per heavy atom. The molecule has 0 aliphatic carbocycles. The van der Waals surface area contributed by atoms with E-state index in [9.17, 15) is 4.79 Å². The number of nitrogens with one attached hydrogen (secondary N) is 2. The molecule has 116 valence electrons. The van der Waals surface area contributed by atoms with E-state index in [0.29, 0.717) is 6.54 Å². The molecular weight excluding hydrogens is 294 g/mol. The van der Waals surface area contributed by atoms with Gasteiger partial charge >= 0.3 is 0 Å². The lowest BCUT2D eigenvalue weighted by Crippen LogP contribution is -2.39. The Morgan fingerprint density at radius 3 is 2.73 bits per heavy atom. The third-order valence-corrected chi connectivity index (χ3v) is 5.09. The van der Waals surface area contributed by atoms with E-state index in [1.807, 2.05) is 13.8 Å². The first-order chi connectivity index (χ1) is 10.6. The van der Waals surface area contributed by atoms with Crippen molar-refractivity contribution in [3.63, 3.8) is 0 Å². The highest BCUT2D eigenvalue weighted by molar-refractivity contribution is 7.15. The van der Waals surface area contributed by atoms with Gasteiger partial charge in [-0.15, -0.1) is 11.3 Å². The van der Waals surface area contributed by atoms with Crippen LogP contribution in [0, 0.1) is 13.8 Å². The quantitative estimate of drug-likeness (QED) is 0.912. The summed E-state index contributed by atoms with van der Waals surface area (Å²) in [5, 5.41) is 7.31. The molecule has 1 aromatic carbocycles. The third-order valence-electron chi connectivity index (χ3n) is 3.96. The van der Waals surface area contributed by atoms with E-state index in [0.717, 1.165) is 35.7 Å². The molecule has 0 spiro atoms. The van der Waals surface area contributed by atoms with Gasteiger partial charge < -0.3 is 10.6 Å². The lowest BCUT2D eigenvalue weighted by molar-refractivity contribution is -0.122. The van der Waals surface area contributed by atoms with Crippen LogP contribution >= 0.6 is 11.3 Å². The highest BCUT2D eigenvalue weighted by atomic mass is 32.1. The third kappa shape index (κ3) is 3.36. The zero-order valence-electron chi connectivity index (χ0n) is 13.0. The van der Waals surface area contributed by atoms with Crippen LogP contribution in [0.5, 0.6) is 0 Å². The molecule has 22 heavy (non-hydrogen) atoms. The largest absolute Gasteiger partial charge is 0.351 e. The molecule has 0 saturated carbocycles. The Morgan fingerprint density at radius 2 is 2.14 bits per heavy atom. The maximum atomic E-state index is 12.0. The van der Waals surface area contributed by atoms with Crippen LogP contribution in [0.15, 0.2) is 24.3 Å². The van der Waals surface area contributed by atoms with Gasteiger partial charge in [0.2, 0.25) is 5.91 Å². The number of carbonyl (C=O) groups is 1. The van der Waals surface area contributed by atoms with Crippen LogP contribution in [0.2, 0.25) is 0 Å². The molecule has 1 aromatic heterocycles. The molecule has 2 N–H and O–H groups in total. The lowest BCUT2D eigenvalue weighted by Gasteiger charge is -2.11. The molecule has 1 atom stereocenters. The molecule has 2 aromatic rings. The van der Waals surface area contributed by atoms with E-state index in [2.05, 4.69) is 39.9 Å². The Hall–Kier alpha value is -1.72. The van der Waals surface area contributed by atoms with Crippen molar-refractivity contribution in [1.29, 1.82) is 0 Å². The summed E-state index contributed by atoms with van der Waals surface area (Å²) in [6.45, 7) is 5.60. The van der Waals surface area contributed by atoms with Gasteiger partial charge in [0, 0.05) is 6.54 Å². The molecule has 0 bridgehead atoms. The van der Waals surface area contributed by atoms with Gasteiger partial charge in [-0.05, 0) is 44.4 Å². The first-order valence-corrected chi connectivity index (χ1v) is 8.49. The van der Waals surface area contributed by atoms with Crippen LogP contribution in [0.3, 0.4) is 0 Å². The molecule has 1 saturated heterocycles. The average Bonchev–Trinajstić information content (AvgIpc) is 3.15. The number of nitrogens with zero attached hydrogens (tertiary/aromatic N) is 1. The summed E-state index contributed by atoms with van der Waals surface area (Å²) < 4.78 is 0. The van der Waals surface area contributed by atoms with Gasteiger partial charge in [0.1, 0.15) is 0 Å². The Bertz CT molecular complexity index is 657. The Balaban J connectivity index is 1.62. The second-order valence-corrected chi connectivity index (χ2v) is 6.91. The first kappa shape index (κ1) is 15.2. The van der Waals surface area contributed by atoms with Gasteiger partial charge in [-0.2, -0.15) is 0 Å². The van der Waals surface area contributed by atoms with Gasteiger partial charge in [0.25, 0.3) is 0 Å². The fourth-order valence-corrected chi connectivity index (χ4v) is 3.72. The van der Waals surface area contributed by atoms with Crippen molar-refractivity contribution in [2.45, 2.75) is 39.3 Å². The Kier molecular flexibility index (Phi) is 4.55. The van der Waals surface area contributed by atoms with E-state index in [1.54, 1.807) is 11.3 Å². The average molecular weight is 315 g/mol. The summed E-state index contributed by atoms with van der Waals surface area (Å²) in [6, 6.07) is 8.35. The van der Waals surface area contributed by atoms with E-state index in [-0.39, 0.29) is 11.9 Å². The normalized spacial score (nSPS) is 17.6. The molecule has 3 rings (SSSR count). The van der Waals surface area contributed by atoms with Gasteiger partial charge in [-0.3, -0.25) is 4.79 Å². The van der Waals surface area contributed by atoms with Crippen LogP contribution in [0.25, 0.3) is 10.4 Å².